The molecule has 1 fully saturated rings. The quantitative estimate of drug-likeness (QED) is 0.532. The maximum absolute atomic E-state index is 11.6. The lowest BCUT2D eigenvalue weighted by molar-refractivity contribution is -0.275. The Balaban J connectivity index is 2.36. The fraction of sp³-hybridized carbons (Fsp3) is 0.444. The van der Waals surface area contributed by atoms with Crippen molar-refractivity contribution in [1.29, 1.82) is 0 Å². The zero-order chi connectivity index (χ0) is 20.1. The molecule has 0 saturated carbocycles. The average molecular weight is 397 g/mol. The SMILES string of the molecule is [CH2]C1OC(Oc2ccsc2C=C)C(OC(C)=O)C(OC(C)=O)C1OC(C)=O. The van der Waals surface area contributed by atoms with E-state index in [0.717, 1.165) is 4.88 Å². The summed E-state index contributed by atoms with van der Waals surface area (Å²) in [4.78, 5) is 35.4. The fourth-order valence-electron chi connectivity index (χ4n) is 2.63. The maximum Gasteiger partial charge on any atom is 0.303 e. The first kappa shape index (κ1) is 20.9. The van der Waals surface area contributed by atoms with Gasteiger partial charge in [-0.3, -0.25) is 14.4 Å². The third-order valence-corrected chi connectivity index (χ3v) is 4.48. The molecule has 9 heteroatoms. The Bertz CT molecular complexity index is 712. The van der Waals surface area contributed by atoms with Crippen LogP contribution in [0.15, 0.2) is 18.0 Å². The van der Waals surface area contributed by atoms with Crippen LogP contribution >= 0.6 is 11.3 Å². The molecule has 0 spiro atoms. The second-order valence-corrected chi connectivity index (χ2v) is 6.68. The second-order valence-electron chi connectivity index (χ2n) is 5.74. The number of thiophene rings is 1. The highest BCUT2D eigenvalue weighted by Crippen LogP contribution is 2.33. The van der Waals surface area contributed by atoms with Crippen LogP contribution in [0.25, 0.3) is 6.08 Å². The number of hydrogen-bond acceptors (Lipinski definition) is 9. The minimum atomic E-state index is -1.17. The van der Waals surface area contributed by atoms with Crippen LogP contribution in [0.3, 0.4) is 0 Å². The zero-order valence-electron chi connectivity index (χ0n) is 15.2. The van der Waals surface area contributed by atoms with E-state index in [9.17, 15) is 14.4 Å². The third kappa shape index (κ3) is 5.30. The van der Waals surface area contributed by atoms with Crippen molar-refractivity contribution in [2.75, 3.05) is 0 Å². The summed E-state index contributed by atoms with van der Waals surface area (Å²) in [5.41, 5.74) is 0. The molecule has 8 nitrogen and oxygen atoms in total. The molecule has 0 amide bonds. The van der Waals surface area contributed by atoms with Gasteiger partial charge in [-0.15, -0.1) is 11.3 Å². The number of carbonyl (C=O) groups excluding carboxylic acids is 3. The Morgan fingerprint density at radius 2 is 1.59 bits per heavy atom. The van der Waals surface area contributed by atoms with E-state index in [-0.39, 0.29) is 0 Å². The Kier molecular flexibility index (Phi) is 6.98. The van der Waals surface area contributed by atoms with Gasteiger partial charge in [0.05, 0.1) is 4.88 Å². The van der Waals surface area contributed by atoms with Crippen molar-refractivity contribution in [1.82, 2.24) is 0 Å². The monoisotopic (exact) mass is 397 g/mol. The lowest BCUT2D eigenvalue weighted by Crippen LogP contribution is -2.62. The molecule has 1 aromatic heterocycles. The molecule has 0 aliphatic carbocycles. The van der Waals surface area contributed by atoms with Gasteiger partial charge >= 0.3 is 17.9 Å². The lowest BCUT2D eigenvalue weighted by atomic mass is 9.99. The molecule has 1 aliphatic rings. The Morgan fingerprint density at radius 3 is 2.15 bits per heavy atom. The summed E-state index contributed by atoms with van der Waals surface area (Å²) in [6.45, 7) is 11.1. The average Bonchev–Trinajstić information content (AvgIpc) is 3.00. The summed E-state index contributed by atoms with van der Waals surface area (Å²) >= 11 is 1.40. The van der Waals surface area contributed by atoms with Crippen LogP contribution in [-0.2, 0) is 33.3 Å². The molecule has 1 aliphatic heterocycles. The Hall–Kier alpha value is -2.39. The molecule has 5 atom stereocenters. The number of esters is 3. The molecule has 0 N–H and O–H groups in total. The summed E-state index contributed by atoms with van der Waals surface area (Å²) in [5, 5.41) is 1.79. The van der Waals surface area contributed by atoms with Gasteiger partial charge < -0.3 is 23.7 Å². The highest BCUT2D eigenvalue weighted by molar-refractivity contribution is 7.11. The number of ether oxygens (including phenoxy) is 5. The van der Waals surface area contributed by atoms with E-state index in [1.165, 1.54) is 32.1 Å². The van der Waals surface area contributed by atoms with Gasteiger partial charge in [0.15, 0.2) is 12.2 Å². The molecular formula is C18H21O8S. The Labute approximate surface area is 161 Å². The van der Waals surface area contributed by atoms with Crippen LogP contribution in [0.5, 0.6) is 5.75 Å². The van der Waals surface area contributed by atoms with E-state index in [4.69, 9.17) is 23.7 Å². The normalized spacial score (nSPS) is 27.3. The van der Waals surface area contributed by atoms with E-state index in [2.05, 4.69) is 13.5 Å². The minimum absolute atomic E-state index is 0.455. The van der Waals surface area contributed by atoms with Crippen LogP contribution in [0.1, 0.15) is 25.6 Å². The molecule has 147 valence electrons. The van der Waals surface area contributed by atoms with E-state index in [1.807, 2.05) is 0 Å². The highest BCUT2D eigenvalue weighted by atomic mass is 32.1. The van der Waals surface area contributed by atoms with E-state index in [0.29, 0.717) is 5.75 Å². The van der Waals surface area contributed by atoms with Crippen LogP contribution in [0.4, 0.5) is 0 Å². The minimum Gasteiger partial charge on any atom is -0.459 e. The second kappa shape index (κ2) is 9.01. The van der Waals surface area contributed by atoms with Crippen molar-refractivity contribution in [3.8, 4) is 5.75 Å². The van der Waals surface area contributed by atoms with Gasteiger partial charge in [-0.25, -0.2) is 0 Å². The predicted octanol–water partition coefficient (Wildman–Crippen LogP) is 2.12. The van der Waals surface area contributed by atoms with Crippen LogP contribution in [0, 0.1) is 6.92 Å². The van der Waals surface area contributed by atoms with Crippen LogP contribution in [0.2, 0.25) is 0 Å². The van der Waals surface area contributed by atoms with Crippen molar-refractivity contribution in [2.45, 2.75) is 51.5 Å². The predicted molar refractivity (Wildman–Crippen MR) is 95.7 cm³/mol. The van der Waals surface area contributed by atoms with Crippen molar-refractivity contribution in [3.63, 3.8) is 0 Å². The van der Waals surface area contributed by atoms with Crippen molar-refractivity contribution < 1.29 is 38.1 Å². The fourth-order valence-corrected chi connectivity index (χ4v) is 3.30. The standard InChI is InChI=1S/C18H21O8S/c1-6-14-13(7-8-27-14)26-18-17(25-12(5)21)16(24-11(4)20)15(9(2)22-18)23-10(3)19/h6-9,15-18H,1-2H2,3-5H3. The van der Waals surface area contributed by atoms with Gasteiger partial charge in [0, 0.05) is 20.8 Å². The van der Waals surface area contributed by atoms with Crippen molar-refractivity contribution in [3.05, 3.63) is 29.8 Å². The highest BCUT2D eigenvalue weighted by Gasteiger charge is 2.51. The number of rotatable bonds is 6. The molecule has 1 saturated heterocycles. The summed E-state index contributed by atoms with van der Waals surface area (Å²) in [5.74, 6) is -1.46. The summed E-state index contributed by atoms with van der Waals surface area (Å²) in [6.07, 6.45) is -3.86. The van der Waals surface area contributed by atoms with Gasteiger partial charge in [0.25, 0.3) is 0 Å². The molecule has 27 heavy (non-hydrogen) atoms. The maximum atomic E-state index is 11.6. The molecule has 0 aromatic carbocycles. The number of hydrogen-bond donors (Lipinski definition) is 0. The molecule has 1 radical (unpaired) electrons. The summed E-state index contributed by atoms with van der Waals surface area (Å²) < 4.78 is 27.3. The first-order valence-corrected chi connectivity index (χ1v) is 8.97. The van der Waals surface area contributed by atoms with Crippen molar-refractivity contribution >= 4 is 35.3 Å². The van der Waals surface area contributed by atoms with E-state index < -0.39 is 48.6 Å². The summed E-state index contributed by atoms with van der Waals surface area (Å²) in [6, 6.07) is 1.70. The van der Waals surface area contributed by atoms with Crippen molar-refractivity contribution in [2.24, 2.45) is 0 Å². The van der Waals surface area contributed by atoms with Crippen LogP contribution in [-0.4, -0.2) is 48.6 Å². The molecular weight excluding hydrogens is 376 g/mol. The molecule has 5 unspecified atom stereocenters. The number of carbonyl (C=O) groups is 3. The molecule has 2 heterocycles. The van der Waals surface area contributed by atoms with E-state index >= 15 is 0 Å². The topological polar surface area (TPSA) is 97.4 Å². The summed E-state index contributed by atoms with van der Waals surface area (Å²) in [7, 11) is 0. The largest absolute Gasteiger partial charge is 0.459 e. The van der Waals surface area contributed by atoms with Gasteiger partial charge in [0.1, 0.15) is 11.9 Å². The first-order valence-electron chi connectivity index (χ1n) is 8.09. The van der Waals surface area contributed by atoms with Gasteiger partial charge in [-0.05, 0) is 24.4 Å². The van der Waals surface area contributed by atoms with Gasteiger partial charge in [-0.2, -0.15) is 0 Å². The third-order valence-electron chi connectivity index (χ3n) is 3.58. The van der Waals surface area contributed by atoms with Crippen LogP contribution < -0.4 is 4.74 Å². The van der Waals surface area contributed by atoms with E-state index in [1.54, 1.807) is 17.5 Å². The molecule has 2 rings (SSSR count). The van der Waals surface area contributed by atoms with Gasteiger partial charge in [-0.1, -0.05) is 6.58 Å². The lowest BCUT2D eigenvalue weighted by Gasteiger charge is -2.43. The zero-order valence-corrected chi connectivity index (χ0v) is 16.0. The molecule has 0 bridgehead atoms. The first-order chi connectivity index (χ1) is 12.7. The molecule has 1 aromatic rings. The Morgan fingerprint density at radius 1 is 1.04 bits per heavy atom. The smallest absolute Gasteiger partial charge is 0.303 e. The van der Waals surface area contributed by atoms with Gasteiger partial charge in [0.2, 0.25) is 12.4 Å².